The van der Waals surface area contributed by atoms with Crippen molar-refractivity contribution >= 4 is 11.9 Å². The number of hydrogen-bond acceptors (Lipinski definition) is 4. The topological polar surface area (TPSA) is 52.6 Å². The molecule has 19 heavy (non-hydrogen) atoms. The minimum absolute atomic E-state index is 0.286. The summed E-state index contributed by atoms with van der Waals surface area (Å²) in [6.45, 7) is 9.90. The van der Waals surface area contributed by atoms with Crippen LogP contribution in [0.5, 0.6) is 0 Å². The van der Waals surface area contributed by atoms with E-state index in [2.05, 4.69) is 18.4 Å². The van der Waals surface area contributed by atoms with Gasteiger partial charge in [0.25, 0.3) is 0 Å². The van der Waals surface area contributed by atoms with Gasteiger partial charge in [0.1, 0.15) is 5.92 Å². The summed E-state index contributed by atoms with van der Waals surface area (Å²) in [6, 6.07) is 0. The van der Waals surface area contributed by atoms with Crippen LogP contribution in [-0.4, -0.2) is 25.2 Å². The van der Waals surface area contributed by atoms with E-state index in [1.807, 2.05) is 6.92 Å². The van der Waals surface area contributed by atoms with Crippen molar-refractivity contribution in [2.45, 2.75) is 40.0 Å². The maximum absolute atomic E-state index is 11.6. The van der Waals surface area contributed by atoms with E-state index in [1.54, 1.807) is 13.8 Å². The fourth-order valence-electron chi connectivity index (χ4n) is 1.28. The summed E-state index contributed by atoms with van der Waals surface area (Å²) >= 11 is 0. The number of carbonyl (C=O) groups excluding carboxylic acids is 2. The Morgan fingerprint density at radius 3 is 2.47 bits per heavy atom. The largest absolute Gasteiger partial charge is 0.465 e. The first-order valence-corrected chi connectivity index (χ1v) is 6.50. The molecule has 0 aliphatic heterocycles. The van der Waals surface area contributed by atoms with Crippen LogP contribution in [0.15, 0.2) is 12.2 Å². The van der Waals surface area contributed by atoms with Crippen molar-refractivity contribution in [2.24, 2.45) is 5.92 Å². The van der Waals surface area contributed by atoms with Crippen LogP contribution in [0.2, 0.25) is 0 Å². The first-order valence-electron chi connectivity index (χ1n) is 6.50. The van der Waals surface area contributed by atoms with E-state index in [4.69, 9.17) is 9.47 Å². The van der Waals surface area contributed by atoms with E-state index in [9.17, 15) is 9.59 Å². The summed E-state index contributed by atoms with van der Waals surface area (Å²) in [5, 5.41) is 0. The highest BCUT2D eigenvalue weighted by atomic mass is 16.5. The zero-order valence-electron chi connectivity index (χ0n) is 12.0. The van der Waals surface area contributed by atoms with E-state index in [1.165, 1.54) is 0 Å². The average molecular weight is 266 g/mol. The standard InChI is InChI=1S/C15H22O4/c1-5-7-10-19-14(16)9-8-13(11-12(3)4)15(17)18-6-2/h13H,3,5-7,10-11H2,1-2,4H3/t13-/m0/s1. The van der Waals surface area contributed by atoms with Gasteiger partial charge in [0.2, 0.25) is 0 Å². The van der Waals surface area contributed by atoms with Crippen LogP contribution in [0.25, 0.3) is 0 Å². The number of allylic oxidation sites excluding steroid dienone is 1. The van der Waals surface area contributed by atoms with E-state index in [0.717, 1.165) is 18.4 Å². The lowest BCUT2D eigenvalue weighted by molar-refractivity contribution is -0.145. The third kappa shape index (κ3) is 8.90. The Bertz CT molecular complexity index is 373. The summed E-state index contributed by atoms with van der Waals surface area (Å²) in [5.74, 6) is 3.24. The highest BCUT2D eigenvalue weighted by Crippen LogP contribution is 2.11. The molecule has 4 heteroatoms. The summed E-state index contributed by atoms with van der Waals surface area (Å²) < 4.78 is 9.79. The Morgan fingerprint density at radius 1 is 1.26 bits per heavy atom. The van der Waals surface area contributed by atoms with E-state index in [0.29, 0.717) is 13.0 Å². The lowest BCUT2D eigenvalue weighted by Crippen LogP contribution is -2.17. The number of esters is 2. The minimum Gasteiger partial charge on any atom is -0.465 e. The molecule has 0 aliphatic rings. The number of hydrogen-bond donors (Lipinski definition) is 0. The maximum Gasteiger partial charge on any atom is 0.384 e. The SMILES string of the molecule is C=C(C)C[C@H](C#CC(=O)OCCCC)C(=O)OCC. The molecule has 0 saturated carbocycles. The molecule has 0 rings (SSSR count). The fraction of sp³-hybridized carbons (Fsp3) is 0.600. The van der Waals surface area contributed by atoms with E-state index >= 15 is 0 Å². The van der Waals surface area contributed by atoms with Gasteiger partial charge >= 0.3 is 11.9 Å². The quantitative estimate of drug-likeness (QED) is 0.233. The maximum atomic E-state index is 11.6. The molecule has 0 spiro atoms. The van der Waals surface area contributed by atoms with Gasteiger partial charge in [0.05, 0.1) is 13.2 Å². The number of ether oxygens (including phenoxy) is 2. The molecule has 0 aromatic rings. The minimum atomic E-state index is -0.656. The van der Waals surface area contributed by atoms with Gasteiger partial charge in [-0.1, -0.05) is 24.8 Å². The lowest BCUT2D eigenvalue weighted by atomic mass is 10.0. The first-order chi connectivity index (χ1) is 9.01. The molecule has 0 aliphatic carbocycles. The van der Waals surface area contributed by atoms with Crippen LogP contribution in [0.4, 0.5) is 0 Å². The van der Waals surface area contributed by atoms with Crippen LogP contribution in [-0.2, 0) is 19.1 Å². The van der Waals surface area contributed by atoms with Crippen molar-refractivity contribution in [3.8, 4) is 11.8 Å². The molecule has 106 valence electrons. The van der Waals surface area contributed by atoms with Crippen molar-refractivity contribution in [3.05, 3.63) is 12.2 Å². The second-order valence-corrected chi connectivity index (χ2v) is 4.22. The van der Waals surface area contributed by atoms with Gasteiger partial charge in [-0.25, -0.2) is 4.79 Å². The van der Waals surface area contributed by atoms with Crippen molar-refractivity contribution in [1.82, 2.24) is 0 Å². The van der Waals surface area contributed by atoms with Crippen molar-refractivity contribution < 1.29 is 19.1 Å². The Balaban J connectivity index is 4.50. The molecule has 0 N–H and O–H groups in total. The predicted molar refractivity (Wildman–Crippen MR) is 73.2 cm³/mol. The molecule has 0 bridgehead atoms. The Hall–Kier alpha value is -1.76. The number of carbonyl (C=O) groups is 2. The molecule has 4 nitrogen and oxygen atoms in total. The summed E-state index contributed by atoms with van der Waals surface area (Å²) in [5.41, 5.74) is 0.812. The van der Waals surface area contributed by atoms with Crippen LogP contribution in [0, 0.1) is 17.8 Å². The predicted octanol–water partition coefficient (Wildman–Crippen LogP) is 2.48. The Kier molecular flexibility index (Phi) is 9.25. The van der Waals surface area contributed by atoms with Gasteiger partial charge in [-0.2, -0.15) is 0 Å². The van der Waals surface area contributed by atoms with Gasteiger partial charge < -0.3 is 9.47 Å². The van der Waals surface area contributed by atoms with Gasteiger partial charge in [-0.3, -0.25) is 4.79 Å². The number of unbranched alkanes of at least 4 members (excludes halogenated alkanes) is 1. The third-order valence-corrected chi connectivity index (χ3v) is 2.20. The molecule has 0 aromatic heterocycles. The van der Waals surface area contributed by atoms with Gasteiger partial charge in [0.15, 0.2) is 0 Å². The average Bonchev–Trinajstić information content (AvgIpc) is 2.34. The van der Waals surface area contributed by atoms with Gasteiger partial charge in [-0.15, -0.1) is 6.58 Å². The van der Waals surface area contributed by atoms with Crippen molar-refractivity contribution in [3.63, 3.8) is 0 Å². The van der Waals surface area contributed by atoms with Crippen molar-refractivity contribution in [2.75, 3.05) is 13.2 Å². The molecular formula is C15H22O4. The van der Waals surface area contributed by atoms with Crippen LogP contribution >= 0.6 is 0 Å². The zero-order valence-corrected chi connectivity index (χ0v) is 12.0. The molecule has 0 fully saturated rings. The van der Waals surface area contributed by atoms with Gasteiger partial charge in [-0.05, 0) is 26.7 Å². The van der Waals surface area contributed by atoms with Crippen LogP contribution in [0.1, 0.15) is 40.0 Å². The normalized spacial score (nSPS) is 10.9. The fourth-order valence-corrected chi connectivity index (χ4v) is 1.28. The zero-order chi connectivity index (χ0) is 14.7. The van der Waals surface area contributed by atoms with Crippen LogP contribution in [0.3, 0.4) is 0 Å². The molecule has 0 heterocycles. The highest BCUT2D eigenvalue weighted by Gasteiger charge is 2.17. The summed E-state index contributed by atoms with van der Waals surface area (Å²) in [4.78, 5) is 23.0. The summed E-state index contributed by atoms with van der Waals surface area (Å²) in [7, 11) is 0. The second-order valence-electron chi connectivity index (χ2n) is 4.22. The molecule has 0 amide bonds. The van der Waals surface area contributed by atoms with Gasteiger partial charge in [0, 0.05) is 5.92 Å². The molecular weight excluding hydrogens is 244 g/mol. The Labute approximate surface area is 115 Å². The third-order valence-electron chi connectivity index (χ3n) is 2.20. The smallest absolute Gasteiger partial charge is 0.384 e. The Morgan fingerprint density at radius 2 is 1.95 bits per heavy atom. The van der Waals surface area contributed by atoms with Crippen LogP contribution < -0.4 is 0 Å². The molecule has 0 saturated heterocycles. The molecule has 0 radical (unpaired) electrons. The van der Waals surface area contributed by atoms with E-state index in [-0.39, 0.29) is 6.61 Å². The monoisotopic (exact) mass is 266 g/mol. The second kappa shape index (κ2) is 10.2. The number of rotatable bonds is 7. The molecule has 0 aromatic carbocycles. The first kappa shape index (κ1) is 17.2. The molecule has 1 atom stereocenters. The molecule has 0 unspecified atom stereocenters. The lowest BCUT2D eigenvalue weighted by Gasteiger charge is -2.09. The summed E-state index contributed by atoms with van der Waals surface area (Å²) in [6.07, 6.45) is 2.14. The van der Waals surface area contributed by atoms with Crippen molar-refractivity contribution in [1.29, 1.82) is 0 Å². The highest BCUT2D eigenvalue weighted by molar-refractivity contribution is 5.89. The van der Waals surface area contributed by atoms with E-state index < -0.39 is 17.9 Å².